The Bertz CT molecular complexity index is 105. The molecule has 1 unspecified atom stereocenters. The van der Waals surface area contributed by atoms with E-state index in [1.54, 1.807) is 0 Å². The maximum Gasteiger partial charge on any atom is 0.254 e. The van der Waals surface area contributed by atoms with Crippen molar-refractivity contribution in [2.45, 2.75) is 25.9 Å². The molecule has 0 aromatic carbocycles. The maximum atomic E-state index is 5.59. The van der Waals surface area contributed by atoms with Crippen molar-refractivity contribution in [2.24, 2.45) is 5.73 Å². The number of hydrogen-bond acceptors (Lipinski definition) is 3. The first-order valence-corrected chi connectivity index (χ1v) is 7.62. The predicted octanol–water partition coefficient (Wildman–Crippen LogP) is -0.686. The van der Waals surface area contributed by atoms with Crippen LogP contribution in [0.5, 0.6) is 0 Å². The minimum Gasteiger partial charge on any atom is -0.453 e. The molecule has 0 heterocycles. The number of nitrogens with two attached hydrogens (primary N) is 1. The minimum absolute atomic E-state index is 0.706. The third-order valence-electron chi connectivity index (χ3n) is 1.82. The molecule has 3 N–H and O–H groups in total. The average molecular weight is 192 g/mol. The molecule has 0 spiro atoms. The molecule has 1 atom stereocenters. The van der Waals surface area contributed by atoms with Gasteiger partial charge in [-0.1, -0.05) is 13.3 Å². The van der Waals surface area contributed by atoms with Crippen molar-refractivity contribution in [1.29, 1.82) is 0 Å². The van der Waals surface area contributed by atoms with Crippen LogP contribution >= 0.6 is 0 Å². The summed E-state index contributed by atoms with van der Waals surface area (Å²) >= 11 is 0. The molecule has 0 radical (unpaired) electrons. The number of nitrogens with one attached hydrogen (secondary N) is 1. The summed E-state index contributed by atoms with van der Waals surface area (Å²) in [5.41, 5.74) is 5.40. The highest BCUT2D eigenvalue weighted by Crippen LogP contribution is 2.07. The van der Waals surface area contributed by atoms with Crippen molar-refractivity contribution >= 4 is 19.0 Å². The van der Waals surface area contributed by atoms with E-state index in [4.69, 9.17) is 9.85 Å². The molecular weight excluding hydrogens is 172 g/mol. The molecule has 0 amide bonds. The van der Waals surface area contributed by atoms with Gasteiger partial charge in [-0.15, -0.1) is 0 Å². The summed E-state index contributed by atoms with van der Waals surface area (Å²) in [6.07, 6.45) is 1.20. The Morgan fingerprint density at radius 3 is 2.64 bits per heavy atom. The van der Waals surface area contributed by atoms with Gasteiger partial charge in [-0.25, -0.2) is 0 Å². The molecule has 0 aliphatic rings. The Balaban J connectivity index is 3.68. The summed E-state index contributed by atoms with van der Waals surface area (Å²) in [6, 6.07) is 1.19. The Morgan fingerprint density at radius 1 is 1.64 bits per heavy atom. The van der Waals surface area contributed by atoms with E-state index in [0.717, 1.165) is 17.0 Å². The first-order valence-electron chi connectivity index (χ1n) is 4.18. The van der Waals surface area contributed by atoms with Crippen molar-refractivity contribution in [1.82, 2.24) is 4.98 Å². The third kappa shape index (κ3) is 4.70. The van der Waals surface area contributed by atoms with Gasteiger partial charge in [0.15, 0.2) is 0 Å². The van der Waals surface area contributed by atoms with Gasteiger partial charge in [-0.05, 0) is 12.6 Å². The summed E-state index contributed by atoms with van der Waals surface area (Å²) in [5.74, 6) is 0. The highest BCUT2D eigenvalue weighted by molar-refractivity contribution is 6.72. The zero-order chi connectivity index (χ0) is 8.74. The van der Waals surface area contributed by atoms with E-state index in [2.05, 4.69) is 18.5 Å². The number of rotatable bonds is 6. The smallest absolute Gasteiger partial charge is 0.254 e. The average Bonchev–Trinajstić information content (AvgIpc) is 2.02. The van der Waals surface area contributed by atoms with Gasteiger partial charge in [-0.2, -0.15) is 0 Å². The molecule has 5 heteroatoms. The van der Waals surface area contributed by atoms with E-state index in [1.165, 1.54) is 12.5 Å². The van der Waals surface area contributed by atoms with Gasteiger partial charge in [0.25, 0.3) is 8.48 Å². The Morgan fingerprint density at radius 2 is 2.27 bits per heavy atom. The zero-order valence-electron chi connectivity index (χ0n) is 7.81. The van der Waals surface area contributed by atoms with E-state index in [-0.39, 0.29) is 0 Å². The highest BCUT2D eigenvalue weighted by atomic mass is 28.4. The summed E-state index contributed by atoms with van der Waals surface area (Å²) in [6.45, 7) is 6.01. The second kappa shape index (κ2) is 5.90. The van der Waals surface area contributed by atoms with Gasteiger partial charge in [-0.3, -0.25) is 0 Å². The molecule has 0 saturated heterocycles. The van der Waals surface area contributed by atoms with Gasteiger partial charge in [0, 0.05) is 13.1 Å². The van der Waals surface area contributed by atoms with Crippen molar-refractivity contribution in [3.63, 3.8) is 0 Å². The van der Waals surface area contributed by atoms with Crippen LogP contribution in [0.4, 0.5) is 0 Å². The van der Waals surface area contributed by atoms with E-state index in [1.807, 2.05) is 0 Å². The molecule has 3 nitrogen and oxygen atoms in total. The quantitative estimate of drug-likeness (QED) is 0.548. The van der Waals surface area contributed by atoms with Gasteiger partial charge in [0.1, 0.15) is 10.5 Å². The van der Waals surface area contributed by atoms with Crippen molar-refractivity contribution < 1.29 is 4.12 Å². The monoisotopic (exact) mass is 192 g/mol. The van der Waals surface area contributed by atoms with Gasteiger partial charge >= 0.3 is 0 Å². The first-order chi connectivity index (χ1) is 5.18. The molecule has 0 aromatic rings. The third-order valence-corrected chi connectivity index (χ3v) is 7.88. The van der Waals surface area contributed by atoms with Crippen LogP contribution in [0, 0.1) is 0 Å². The molecule has 0 saturated carbocycles. The van der Waals surface area contributed by atoms with Crippen LogP contribution in [0.2, 0.25) is 12.6 Å². The summed E-state index contributed by atoms with van der Waals surface area (Å²) in [4.78, 5) is 3.42. The van der Waals surface area contributed by atoms with Gasteiger partial charge < -0.3 is 14.8 Å². The lowest BCUT2D eigenvalue weighted by atomic mass is 10.6. The highest BCUT2D eigenvalue weighted by Gasteiger charge is 2.24. The minimum atomic E-state index is -1.51. The van der Waals surface area contributed by atoms with E-state index >= 15 is 0 Å². The fourth-order valence-electron chi connectivity index (χ4n) is 1.08. The fraction of sp³-hybridized carbons (Fsp3) is 1.00. The van der Waals surface area contributed by atoms with Crippen LogP contribution in [-0.4, -0.2) is 32.1 Å². The first kappa shape index (κ1) is 11.3. The molecule has 0 aliphatic carbocycles. The van der Waals surface area contributed by atoms with E-state index in [9.17, 15) is 0 Å². The second-order valence-electron chi connectivity index (χ2n) is 2.90. The van der Waals surface area contributed by atoms with Crippen LogP contribution in [0.1, 0.15) is 13.3 Å². The van der Waals surface area contributed by atoms with E-state index < -0.39 is 8.48 Å². The predicted molar refractivity (Wildman–Crippen MR) is 54.8 cm³/mol. The molecular formula is C6H20N2OSi2. The molecule has 0 fully saturated rings. The van der Waals surface area contributed by atoms with Crippen LogP contribution < -0.4 is 10.7 Å². The Kier molecular flexibility index (Phi) is 6.07. The van der Waals surface area contributed by atoms with E-state index in [0.29, 0.717) is 6.54 Å². The summed E-state index contributed by atoms with van der Waals surface area (Å²) in [5, 5.41) is 0. The Labute approximate surface area is 73.4 Å². The van der Waals surface area contributed by atoms with Crippen LogP contribution in [0.3, 0.4) is 0 Å². The molecule has 0 aliphatic heterocycles. The molecule has 0 rings (SSSR count). The summed E-state index contributed by atoms with van der Waals surface area (Å²) in [7, 11) is -0.676. The largest absolute Gasteiger partial charge is 0.453 e. The molecule has 0 aromatic heterocycles. The van der Waals surface area contributed by atoms with Crippen LogP contribution in [0.15, 0.2) is 0 Å². The zero-order valence-corrected chi connectivity index (χ0v) is 10.8. The fourth-order valence-corrected chi connectivity index (χ4v) is 4.27. The van der Waals surface area contributed by atoms with Gasteiger partial charge in [0.2, 0.25) is 0 Å². The van der Waals surface area contributed by atoms with Crippen molar-refractivity contribution in [3.8, 4) is 0 Å². The number of hydrogen-bond donors (Lipinski definition) is 2. The van der Waals surface area contributed by atoms with Crippen molar-refractivity contribution in [3.05, 3.63) is 0 Å². The molecule has 11 heavy (non-hydrogen) atoms. The lowest BCUT2D eigenvalue weighted by Crippen LogP contribution is -2.51. The SMILES string of the molecule is CCC[Si](C)(NCCN)O[SiH3]. The topological polar surface area (TPSA) is 47.3 Å². The van der Waals surface area contributed by atoms with Crippen LogP contribution in [-0.2, 0) is 4.12 Å². The lowest BCUT2D eigenvalue weighted by molar-refractivity contribution is 0.561. The second-order valence-corrected chi connectivity index (χ2v) is 7.85. The van der Waals surface area contributed by atoms with Crippen molar-refractivity contribution in [2.75, 3.05) is 13.1 Å². The lowest BCUT2D eigenvalue weighted by Gasteiger charge is -2.26. The Hall–Kier alpha value is 0.314. The normalized spacial score (nSPS) is 16.6. The van der Waals surface area contributed by atoms with Crippen LogP contribution in [0.25, 0.3) is 0 Å². The standard InChI is InChI=1S/C6H20N2OSi2/c1-3-6-11(2,9-10)8-5-4-7/h8H,3-7H2,1-2,10H3. The van der Waals surface area contributed by atoms with Gasteiger partial charge in [0.05, 0.1) is 0 Å². The maximum absolute atomic E-state index is 5.59. The molecule has 0 bridgehead atoms. The molecule has 68 valence electrons. The summed E-state index contributed by atoms with van der Waals surface area (Å²) < 4.78 is 5.59.